The quantitative estimate of drug-likeness (QED) is 0.714. The molecule has 3 nitrogen and oxygen atoms in total. The van der Waals surface area contributed by atoms with Gasteiger partial charge in [-0.05, 0) is 25.5 Å². The number of nitrogens with zero attached hydrogens (tertiary/aromatic N) is 3. The fourth-order valence-corrected chi connectivity index (χ4v) is 2.47. The fourth-order valence-electron chi connectivity index (χ4n) is 2.47. The van der Waals surface area contributed by atoms with Crippen LogP contribution >= 0.6 is 0 Å². The minimum absolute atomic E-state index is 0.572. The van der Waals surface area contributed by atoms with Crippen LogP contribution < -0.4 is 0 Å². The standard InChI is InChI=1S/C11H19N3/c1-9(2)11-7-10(8-13(11)3)14-6-4-5-12-14/h4-6,9-11H,7-8H2,1-3H3/t10?,11-/m0/s1. The molecule has 1 aliphatic rings. The van der Waals surface area contributed by atoms with Gasteiger partial charge in [0.2, 0.25) is 0 Å². The first-order valence-corrected chi connectivity index (χ1v) is 5.38. The maximum absolute atomic E-state index is 4.32. The highest BCUT2D eigenvalue weighted by atomic mass is 15.3. The lowest BCUT2D eigenvalue weighted by Crippen LogP contribution is -2.29. The van der Waals surface area contributed by atoms with Crippen molar-refractivity contribution >= 4 is 0 Å². The SMILES string of the molecule is CC(C)[C@@H]1CC(n2cccn2)CN1C. The van der Waals surface area contributed by atoms with Gasteiger partial charge in [-0.2, -0.15) is 5.10 Å². The van der Waals surface area contributed by atoms with Crippen LogP contribution in [0.2, 0.25) is 0 Å². The van der Waals surface area contributed by atoms with E-state index in [1.165, 1.54) is 6.42 Å². The van der Waals surface area contributed by atoms with Crippen molar-refractivity contribution in [2.24, 2.45) is 5.92 Å². The molecule has 1 aromatic heterocycles. The summed E-state index contributed by atoms with van der Waals surface area (Å²) in [5, 5.41) is 4.32. The lowest BCUT2D eigenvalue weighted by Gasteiger charge is -2.22. The van der Waals surface area contributed by atoms with Gasteiger partial charge in [0, 0.05) is 25.0 Å². The second kappa shape index (κ2) is 3.73. The van der Waals surface area contributed by atoms with Crippen molar-refractivity contribution < 1.29 is 0 Å². The van der Waals surface area contributed by atoms with Crippen molar-refractivity contribution in [1.29, 1.82) is 0 Å². The Bertz CT molecular complexity index is 279. The first-order valence-electron chi connectivity index (χ1n) is 5.38. The van der Waals surface area contributed by atoms with Crippen molar-refractivity contribution in [3.63, 3.8) is 0 Å². The van der Waals surface area contributed by atoms with Gasteiger partial charge in [-0.3, -0.25) is 4.68 Å². The molecule has 1 fully saturated rings. The molecule has 0 aliphatic carbocycles. The fraction of sp³-hybridized carbons (Fsp3) is 0.727. The van der Waals surface area contributed by atoms with Gasteiger partial charge in [0.1, 0.15) is 0 Å². The summed E-state index contributed by atoms with van der Waals surface area (Å²) in [4.78, 5) is 2.46. The Labute approximate surface area is 85.7 Å². The van der Waals surface area contributed by atoms with E-state index < -0.39 is 0 Å². The van der Waals surface area contributed by atoms with Gasteiger partial charge in [-0.1, -0.05) is 13.8 Å². The Hall–Kier alpha value is -0.830. The first kappa shape index (κ1) is 9.71. The van der Waals surface area contributed by atoms with Crippen LogP contribution in [0.3, 0.4) is 0 Å². The maximum Gasteiger partial charge on any atom is 0.0661 e. The molecule has 0 amide bonds. The molecule has 0 radical (unpaired) electrons. The molecule has 2 rings (SSSR count). The van der Waals surface area contributed by atoms with E-state index in [1.807, 2.05) is 12.3 Å². The lowest BCUT2D eigenvalue weighted by atomic mass is 10.0. The molecule has 0 spiro atoms. The molecule has 3 heteroatoms. The van der Waals surface area contributed by atoms with Crippen LogP contribution in [0.4, 0.5) is 0 Å². The maximum atomic E-state index is 4.32. The van der Waals surface area contributed by atoms with Crippen LogP contribution in [0.15, 0.2) is 18.5 Å². The second-order valence-corrected chi connectivity index (χ2v) is 4.63. The van der Waals surface area contributed by atoms with Gasteiger partial charge in [-0.25, -0.2) is 0 Å². The van der Waals surface area contributed by atoms with Crippen LogP contribution in [0, 0.1) is 5.92 Å². The van der Waals surface area contributed by atoms with Gasteiger partial charge in [-0.15, -0.1) is 0 Å². The highest BCUT2D eigenvalue weighted by molar-refractivity contribution is 4.91. The van der Waals surface area contributed by atoms with Crippen molar-refractivity contribution in [3.05, 3.63) is 18.5 Å². The van der Waals surface area contributed by atoms with Crippen molar-refractivity contribution in [1.82, 2.24) is 14.7 Å². The highest BCUT2D eigenvalue weighted by Crippen LogP contribution is 2.29. The first-order chi connectivity index (χ1) is 6.68. The predicted octanol–water partition coefficient (Wildman–Crippen LogP) is 1.78. The van der Waals surface area contributed by atoms with E-state index >= 15 is 0 Å². The zero-order chi connectivity index (χ0) is 10.1. The third-order valence-corrected chi connectivity index (χ3v) is 3.25. The minimum atomic E-state index is 0.572. The largest absolute Gasteiger partial charge is 0.301 e. The lowest BCUT2D eigenvalue weighted by molar-refractivity contribution is 0.249. The van der Waals surface area contributed by atoms with Crippen molar-refractivity contribution in [2.45, 2.75) is 32.4 Å². The second-order valence-electron chi connectivity index (χ2n) is 4.63. The summed E-state index contributed by atoms with van der Waals surface area (Å²) in [5.74, 6) is 0.737. The minimum Gasteiger partial charge on any atom is -0.301 e. The molecule has 78 valence electrons. The van der Waals surface area contributed by atoms with Gasteiger partial charge in [0.15, 0.2) is 0 Å². The Morgan fingerprint density at radius 3 is 2.71 bits per heavy atom. The van der Waals surface area contributed by atoms with Crippen LogP contribution in [0.25, 0.3) is 0 Å². The van der Waals surface area contributed by atoms with E-state index in [2.05, 4.69) is 41.8 Å². The van der Waals surface area contributed by atoms with Crippen LogP contribution in [0.1, 0.15) is 26.3 Å². The summed E-state index contributed by atoms with van der Waals surface area (Å²) in [7, 11) is 2.22. The molecule has 2 heterocycles. The summed E-state index contributed by atoms with van der Waals surface area (Å²) in [5.41, 5.74) is 0. The number of likely N-dealkylation sites (tertiary alicyclic amines) is 1. The van der Waals surface area contributed by atoms with E-state index in [-0.39, 0.29) is 0 Å². The molecule has 0 N–H and O–H groups in total. The Morgan fingerprint density at radius 1 is 1.43 bits per heavy atom. The molecule has 0 saturated carbocycles. The number of hydrogen-bond acceptors (Lipinski definition) is 2. The average Bonchev–Trinajstić information content (AvgIpc) is 2.70. The topological polar surface area (TPSA) is 21.1 Å². The zero-order valence-electron chi connectivity index (χ0n) is 9.22. The summed E-state index contributed by atoms with van der Waals surface area (Å²) in [6.07, 6.45) is 5.17. The monoisotopic (exact) mass is 193 g/mol. The highest BCUT2D eigenvalue weighted by Gasteiger charge is 2.32. The van der Waals surface area contributed by atoms with E-state index in [1.54, 1.807) is 0 Å². The van der Waals surface area contributed by atoms with Crippen LogP contribution in [-0.2, 0) is 0 Å². The molecule has 1 unspecified atom stereocenters. The molecule has 14 heavy (non-hydrogen) atoms. The molecular weight excluding hydrogens is 174 g/mol. The molecule has 0 bridgehead atoms. The molecule has 0 aromatic carbocycles. The van der Waals surface area contributed by atoms with Crippen LogP contribution in [0.5, 0.6) is 0 Å². The summed E-state index contributed by atoms with van der Waals surface area (Å²) >= 11 is 0. The third kappa shape index (κ3) is 1.69. The Kier molecular flexibility index (Phi) is 2.59. The number of likely N-dealkylation sites (N-methyl/N-ethyl adjacent to an activating group) is 1. The van der Waals surface area contributed by atoms with E-state index in [9.17, 15) is 0 Å². The normalized spacial score (nSPS) is 28.9. The number of aromatic nitrogens is 2. The van der Waals surface area contributed by atoms with Crippen molar-refractivity contribution in [3.8, 4) is 0 Å². The van der Waals surface area contributed by atoms with E-state index in [4.69, 9.17) is 0 Å². The summed E-state index contributed by atoms with van der Waals surface area (Å²) in [6, 6.07) is 3.29. The number of rotatable bonds is 2. The van der Waals surface area contributed by atoms with Crippen molar-refractivity contribution in [2.75, 3.05) is 13.6 Å². The molecule has 2 atom stereocenters. The number of hydrogen-bond donors (Lipinski definition) is 0. The molecule has 1 aromatic rings. The average molecular weight is 193 g/mol. The third-order valence-electron chi connectivity index (χ3n) is 3.25. The summed E-state index contributed by atoms with van der Waals surface area (Å²) < 4.78 is 2.10. The van der Waals surface area contributed by atoms with Gasteiger partial charge in [0.05, 0.1) is 6.04 Å². The Morgan fingerprint density at radius 2 is 2.21 bits per heavy atom. The van der Waals surface area contributed by atoms with E-state index in [0.717, 1.165) is 12.5 Å². The predicted molar refractivity (Wildman–Crippen MR) is 57.1 cm³/mol. The van der Waals surface area contributed by atoms with Crippen LogP contribution in [-0.4, -0.2) is 34.3 Å². The molecule has 1 saturated heterocycles. The molecular formula is C11H19N3. The van der Waals surface area contributed by atoms with E-state index in [0.29, 0.717) is 12.1 Å². The summed E-state index contributed by atoms with van der Waals surface area (Å²) in [6.45, 7) is 5.73. The molecule has 1 aliphatic heterocycles. The van der Waals surface area contributed by atoms with Gasteiger partial charge >= 0.3 is 0 Å². The smallest absolute Gasteiger partial charge is 0.0661 e. The Balaban J connectivity index is 2.06. The van der Waals surface area contributed by atoms with Gasteiger partial charge in [0.25, 0.3) is 0 Å². The zero-order valence-corrected chi connectivity index (χ0v) is 9.22. The van der Waals surface area contributed by atoms with Gasteiger partial charge < -0.3 is 4.90 Å².